The number of aliphatic hydroxyl groups excluding tert-OH is 4. The molecule has 5 unspecified atom stereocenters. The standard InChI is InChI=1S/C21H24O8/c1-27-15-6-4-12(5-7-15)2-3-13-8-14(23)10-16(9-13)28-21-20(26)19(25)18(24)17(11-22)29-21/h2-10,17-26H,11H2,1H3. The van der Waals surface area contributed by atoms with Gasteiger partial charge in [-0.2, -0.15) is 0 Å². The van der Waals surface area contributed by atoms with Gasteiger partial charge in [-0.05, 0) is 35.4 Å². The van der Waals surface area contributed by atoms with Gasteiger partial charge in [-0.1, -0.05) is 24.3 Å². The normalized spacial score (nSPS) is 27.1. The number of aromatic hydroxyl groups is 1. The second-order valence-corrected chi connectivity index (χ2v) is 6.68. The van der Waals surface area contributed by atoms with Crippen molar-refractivity contribution in [3.8, 4) is 17.2 Å². The molecule has 3 rings (SSSR count). The molecule has 0 aliphatic carbocycles. The van der Waals surface area contributed by atoms with E-state index in [9.17, 15) is 25.5 Å². The molecule has 0 bridgehead atoms. The molecule has 2 aromatic carbocycles. The number of hydrogen-bond donors (Lipinski definition) is 5. The van der Waals surface area contributed by atoms with Crippen LogP contribution in [0.5, 0.6) is 17.2 Å². The SMILES string of the molecule is COc1ccc(C=Cc2cc(O)cc(OC3OC(CO)C(O)C(O)C3O)c2)cc1. The molecule has 0 saturated carbocycles. The molecular formula is C21H24O8. The first-order valence-electron chi connectivity index (χ1n) is 9.04. The van der Waals surface area contributed by atoms with Gasteiger partial charge in [-0.15, -0.1) is 0 Å². The Morgan fingerprint density at radius 2 is 1.59 bits per heavy atom. The number of ether oxygens (including phenoxy) is 3. The van der Waals surface area contributed by atoms with Crippen LogP contribution in [0.15, 0.2) is 42.5 Å². The van der Waals surface area contributed by atoms with E-state index in [0.717, 1.165) is 11.3 Å². The molecule has 1 heterocycles. The average Bonchev–Trinajstić information content (AvgIpc) is 2.72. The number of rotatable bonds is 6. The summed E-state index contributed by atoms with van der Waals surface area (Å²) in [5, 5.41) is 49.0. The third-order valence-corrected chi connectivity index (χ3v) is 4.60. The highest BCUT2D eigenvalue weighted by molar-refractivity contribution is 5.71. The number of methoxy groups -OCH3 is 1. The fourth-order valence-electron chi connectivity index (χ4n) is 2.98. The largest absolute Gasteiger partial charge is 0.508 e. The highest BCUT2D eigenvalue weighted by atomic mass is 16.7. The minimum atomic E-state index is -1.54. The van der Waals surface area contributed by atoms with Crippen LogP contribution in [0.25, 0.3) is 12.2 Å². The van der Waals surface area contributed by atoms with Crippen molar-refractivity contribution >= 4 is 12.2 Å². The van der Waals surface area contributed by atoms with Crippen LogP contribution in [-0.2, 0) is 4.74 Å². The van der Waals surface area contributed by atoms with Crippen molar-refractivity contribution in [2.75, 3.05) is 13.7 Å². The number of aliphatic hydroxyl groups is 4. The topological polar surface area (TPSA) is 129 Å². The summed E-state index contributed by atoms with van der Waals surface area (Å²) in [5.74, 6) is 0.861. The van der Waals surface area contributed by atoms with E-state index in [2.05, 4.69) is 0 Å². The molecule has 0 radical (unpaired) electrons. The zero-order chi connectivity index (χ0) is 21.0. The van der Waals surface area contributed by atoms with Crippen molar-refractivity contribution < 1.29 is 39.7 Å². The molecular weight excluding hydrogens is 380 g/mol. The predicted molar refractivity (Wildman–Crippen MR) is 104 cm³/mol. The Balaban J connectivity index is 1.75. The van der Waals surface area contributed by atoms with Gasteiger partial charge in [0.05, 0.1) is 13.7 Å². The van der Waals surface area contributed by atoms with Gasteiger partial charge < -0.3 is 39.7 Å². The molecule has 1 saturated heterocycles. The number of hydrogen-bond acceptors (Lipinski definition) is 8. The van der Waals surface area contributed by atoms with Gasteiger partial charge in [0.1, 0.15) is 41.7 Å². The zero-order valence-electron chi connectivity index (χ0n) is 15.8. The minimum absolute atomic E-state index is 0.0681. The fraction of sp³-hybridized carbons (Fsp3) is 0.333. The zero-order valence-corrected chi connectivity index (χ0v) is 15.8. The lowest BCUT2D eigenvalue weighted by Crippen LogP contribution is -2.60. The van der Waals surface area contributed by atoms with E-state index in [1.165, 1.54) is 12.1 Å². The van der Waals surface area contributed by atoms with Gasteiger partial charge in [0.25, 0.3) is 0 Å². The lowest BCUT2D eigenvalue weighted by molar-refractivity contribution is -0.277. The first-order valence-corrected chi connectivity index (χ1v) is 9.04. The summed E-state index contributed by atoms with van der Waals surface area (Å²) in [5.41, 5.74) is 1.55. The predicted octanol–water partition coefficient (Wildman–Crippen LogP) is 0.750. The van der Waals surface area contributed by atoms with Gasteiger partial charge in [-0.25, -0.2) is 0 Å². The quantitative estimate of drug-likeness (QED) is 0.446. The van der Waals surface area contributed by atoms with Crippen molar-refractivity contribution in [1.29, 1.82) is 0 Å². The lowest BCUT2D eigenvalue weighted by atomic mass is 9.99. The van der Waals surface area contributed by atoms with E-state index in [1.54, 1.807) is 19.3 Å². The van der Waals surface area contributed by atoms with E-state index in [1.807, 2.05) is 30.3 Å². The van der Waals surface area contributed by atoms with Crippen LogP contribution in [-0.4, -0.2) is 70.0 Å². The molecule has 1 aliphatic heterocycles. The summed E-state index contributed by atoms with van der Waals surface area (Å²) in [4.78, 5) is 0. The maximum Gasteiger partial charge on any atom is 0.229 e. The summed E-state index contributed by atoms with van der Waals surface area (Å²) >= 11 is 0. The summed E-state index contributed by atoms with van der Waals surface area (Å²) in [6.07, 6.45) is -3.35. The van der Waals surface area contributed by atoms with E-state index in [-0.39, 0.29) is 11.5 Å². The van der Waals surface area contributed by atoms with E-state index >= 15 is 0 Å². The van der Waals surface area contributed by atoms with Crippen molar-refractivity contribution in [3.05, 3.63) is 53.6 Å². The summed E-state index contributed by atoms with van der Waals surface area (Å²) in [7, 11) is 1.59. The van der Waals surface area contributed by atoms with Crippen LogP contribution < -0.4 is 9.47 Å². The van der Waals surface area contributed by atoms with Crippen molar-refractivity contribution in [3.63, 3.8) is 0 Å². The maximum atomic E-state index is 10.1. The van der Waals surface area contributed by atoms with Crippen LogP contribution in [0.2, 0.25) is 0 Å². The van der Waals surface area contributed by atoms with Crippen LogP contribution in [0.1, 0.15) is 11.1 Å². The lowest BCUT2D eigenvalue weighted by Gasteiger charge is -2.39. The maximum absolute atomic E-state index is 10.1. The Morgan fingerprint density at radius 3 is 2.24 bits per heavy atom. The van der Waals surface area contributed by atoms with E-state index in [0.29, 0.717) is 5.56 Å². The van der Waals surface area contributed by atoms with Gasteiger partial charge in [0.15, 0.2) is 0 Å². The molecule has 29 heavy (non-hydrogen) atoms. The van der Waals surface area contributed by atoms with Crippen molar-refractivity contribution in [2.24, 2.45) is 0 Å². The number of phenolic OH excluding ortho intramolecular Hbond substituents is 1. The van der Waals surface area contributed by atoms with E-state index in [4.69, 9.17) is 14.2 Å². The van der Waals surface area contributed by atoms with Crippen LogP contribution in [0.4, 0.5) is 0 Å². The van der Waals surface area contributed by atoms with Crippen molar-refractivity contribution in [2.45, 2.75) is 30.7 Å². The van der Waals surface area contributed by atoms with Crippen LogP contribution in [0, 0.1) is 0 Å². The molecule has 1 aliphatic rings. The highest BCUT2D eigenvalue weighted by Crippen LogP contribution is 2.28. The van der Waals surface area contributed by atoms with Gasteiger partial charge in [0.2, 0.25) is 6.29 Å². The number of phenols is 1. The molecule has 156 valence electrons. The molecule has 2 aromatic rings. The second kappa shape index (κ2) is 9.25. The Bertz CT molecular complexity index is 833. The summed E-state index contributed by atoms with van der Waals surface area (Å²) < 4.78 is 16.0. The molecule has 0 aromatic heterocycles. The molecule has 0 amide bonds. The first kappa shape index (κ1) is 21.1. The third-order valence-electron chi connectivity index (χ3n) is 4.60. The Labute approximate surface area is 167 Å². The Morgan fingerprint density at radius 1 is 0.897 bits per heavy atom. The molecule has 8 heteroatoms. The Hall–Kier alpha value is -2.62. The molecule has 5 N–H and O–H groups in total. The molecule has 5 atom stereocenters. The fourth-order valence-corrected chi connectivity index (χ4v) is 2.98. The smallest absolute Gasteiger partial charge is 0.229 e. The summed E-state index contributed by atoms with van der Waals surface area (Å²) in [6, 6.07) is 11.9. The highest BCUT2D eigenvalue weighted by Gasteiger charge is 2.44. The average molecular weight is 404 g/mol. The third kappa shape index (κ3) is 5.06. The van der Waals surface area contributed by atoms with Crippen molar-refractivity contribution in [1.82, 2.24) is 0 Å². The first-order chi connectivity index (χ1) is 13.9. The molecule has 8 nitrogen and oxygen atoms in total. The Kier molecular flexibility index (Phi) is 6.73. The van der Waals surface area contributed by atoms with Gasteiger partial charge in [-0.3, -0.25) is 0 Å². The van der Waals surface area contributed by atoms with Gasteiger partial charge >= 0.3 is 0 Å². The van der Waals surface area contributed by atoms with Crippen LogP contribution in [0.3, 0.4) is 0 Å². The molecule has 0 spiro atoms. The van der Waals surface area contributed by atoms with Gasteiger partial charge in [0, 0.05) is 6.07 Å². The molecule has 1 fully saturated rings. The van der Waals surface area contributed by atoms with Crippen LogP contribution >= 0.6 is 0 Å². The summed E-state index contributed by atoms with van der Waals surface area (Å²) in [6.45, 7) is -0.555. The second-order valence-electron chi connectivity index (χ2n) is 6.68. The van der Waals surface area contributed by atoms with E-state index < -0.39 is 37.3 Å². The number of benzene rings is 2. The monoisotopic (exact) mass is 404 g/mol. The minimum Gasteiger partial charge on any atom is -0.508 e.